The second-order valence-corrected chi connectivity index (χ2v) is 12.5. The van der Waals surface area contributed by atoms with Gasteiger partial charge in [0.05, 0.1) is 6.54 Å². The summed E-state index contributed by atoms with van der Waals surface area (Å²) in [5, 5.41) is 10.5. The van der Waals surface area contributed by atoms with Crippen molar-refractivity contribution < 1.29 is 14.4 Å². The van der Waals surface area contributed by atoms with Crippen LogP contribution >= 0.6 is 0 Å². The second-order valence-electron chi connectivity index (χ2n) is 12.5. The third kappa shape index (κ3) is 9.65. The Morgan fingerprint density at radius 2 is 1.62 bits per heavy atom. The molecular weight excluding hydrogens is 504 g/mol. The lowest BCUT2D eigenvalue weighted by Crippen LogP contribution is -2.57. The molecule has 3 amide bonds. The van der Waals surface area contributed by atoms with Crippen LogP contribution in [0.5, 0.6) is 0 Å². The third-order valence-electron chi connectivity index (χ3n) is 8.70. The number of amides is 3. The molecule has 9 nitrogen and oxygen atoms in total. The molecule has 1 heterocycles. The maximum Gasteiger partial charge on any atom is 0.245 e. The molecular formula is C31H58N6O3. The smallest absolute Gasteiger partial charge is 0.245 e. The first-order valence-corrected chi connectivity index (χ1v) is 16.0. The fraction of sp³-hybridized carbons (Fsp3) is 0.871. The summed E-state index contributed by atoms with van der Waals surface area (Å²) >= 11 is 0. The molecule has 0 saturated heterocycles. The minimum absolute atomic E-state index is 0.0152. The Labute approximate surface area is 243 Å². The van der Waals surface area contributed by atoms with E-state index in [1.54, 1.807) is 0 Å². The molecule has 2 rings (SSSR count). The van der Waals surface area contributed by atoms with E-state index in [2.05, 4.69) is 34.3 Å². The van der Waals surface area contributed by atoms with Crippen molar-refractivity contribution in [3.8, 4) is 0 Å². The van der Waals surface area contributed by atoms with Crippen molar-refractivity contribution >= 4 is 17.7 Å². The van der Waals surface area contributed by atoms with E-state index in [-0.39, 0.29) is 29.6 Å². The summed E-state index contributed by atoms with van der Waals surface area (Å²) in [6, 6.07) is -1.28. The predicted molar refractivity (Wildman–Crippen MR) is 161 cm³/mol. The van der Waals surface area contributed by atoms with Crippen LogP contribution in [-0.4, -0.2) is 62.4 Å². The standard InChI is InChI=1S/C31H58N6O3/c1-9-12-20-37-34-26(35(37)8)18-13-14-19-27(38)32-28(22(4)5)30(39)33-29(23(6)7)31(40)36(11-3)21-25-17-15-16-24(25)10-2/h22-25,28-29H,9-21H2,1-8H3,(H,32,38)(H,33,39)/t24-,25-,28-,29?/m0/s1. The van der Waals surface area contributed by atoms with E-state index in [1.807, 2.05) is 51.4 Å². The van der Waals surface area contributed by atoms with Crippen molar-refractivity contribution in [2.45, 2.75) is 131 Å². The van der Waals surface area contributed by atoms with Gasteiger partial charge >= 0.3 is 0 Å². The SMILES string of the molecule is CCCCn1nc(CCCCC(=O)N[C@H](C(=O)NC(C(=O)N(CC)C[C@@H]2CCC[C@@H]2CC)C(C)C)C(C)C)n1C. The summed E-state index contributed by atoms with van der Waals surface area (Å²) in [4.78, 5) is 43.7. The normalized spacial score (nSPS) is 18.8. The van der Waals surface area contributed by atoms with Gasteiger partial charge in [-0.25, -0.2) is 4.80 Å². The van der Waals surface area contributed by atoms with Crippen LogP contribution in [0.3, 0.4) is 0 Å². The first-order chi connectivity index (χ1) is 19.0. The minimum atomic E-state index is -0.676. The molecule has 1 aliphatic rings. The van der Waals surface area contributed by atoms with Gasteiger partial charge in [-0.2, -0.15) is 0 Å². The van der Waals surface area contributed by atoms with Crippen LogP contribution in [0.1, 0.15) is 112 Å². The Morgan fingerprint density at radius 1 is 0.950 bits per heavy atom. The molecule has 2 N–H and O–H groups in total. The fourth-order valence-corrected chi connectivity index (χ4v) is 5.92. The monoisotopic (exact) mass is 562 g/mol. The van der Waals surface area contributed by atoms with E-state index in [0.717, 1.165) is 57.4 Å². The molecule has 4 atom stereocenters. The Morgan fingerprint density at radius 3 is 2.20 bits per heavy atom. The highest BCUT2D eigenvalue weighted by atomic mass is 16.2. The number of unbranched alkanes of at least 4 members (excludes halogenated alkanes) is 2. The zero-order chi connectivity index (χ0) is 29.8. The summed E-state index contributed by atoms with van der Waals surface area (Å²) in [7, 11) is 2.03. The molecule has 0 aromatic carbocycles. The number of rotatable bonds is 18. The lowest BCUT2D eigenvalue weighted by atomic mass is 9.92. The van der Waals surface area contributed by atoms with Gasteiger partial charge < -0.3 is 15.5 Å². The Bertz CT molecular complexity index is 921. The van der Waals surface area contributed by atoms with Crippen molar-refractivity contribution in [1.29, 1.82) is 0 Å². The van der Waals surface area contributed by atoms with Gasteiger partial charge in [0.1, 0.15) is 17.9 Å². The Balaban J connectivity index is 1.89. The van der Waals surface area contributed by atoms with Crippen LogP contribution in [0.4, 0.5) is 0 Å². The zero-order valence-electron chi connectivity index (χ0n) is 26.7. The first kappa shape index (κ1) is 33.9. The number of aryl methyl sites for hydroxylation is 2. The molecule has 1 aromatic heterocycles. The molecule has 1 aromatic rings. The van der Waals surface area contributed by atoms with Crippen LogP contribution in [0.15, 0.2) is 0 Å². The number of nitrogens with one attached hydrogen (secondary N) is 2. The van der Waals surface area contributed by atoms with Gasteiger partial charge in [0.15, 0.2) is 0 Å². The number of carbonyl (C=O) groups excluding carboxylic acids is 3. The van der Waals surface area contributed by atoms with E-state index >= 15 is 0 Å². The van der Waals surface area contributed by atoms with E-state index in [4.69, 9.17) is 0 Å². The van der Waals surface area contributed by atoms with Crippen molar-refractivity contribution in [3.63, 3.8) is 0 Å². The lowest BCUT2D eigenvalue weighted by Gasteiger charge is -2.33. The highest BCUT2D eigenvalue weighted by Gasteiger charge is 2.34. The quantitative estimate of drug-likeness (QED) is 0.254. The van der Waals surface area contributed by atoms with E-state index in [0.29, 0.717) is 24.8 Å². The van der Waals surface area contributed by atoms with Gasteiger partial charge in [0, 0.05) is 33.0 Å². The summed E-state index contributed by atoms with van der Waals surface area (Å²) in [6.45, 7) is 16.5. The molecule has 40 heavy (non-hydrogen) atoms. The molecule has 1 fully saturated rings. The van der Waals surface area contributed by atoms with Crippen LogP contribution < -0.4 is 10.6 Å². The largest absolute Gasteiger partial charge is 0.344 e. The molecule has 0 bridgehead atoms. The van der Waals surface area contributed by atoms with Crippen LogP contribution in [0.2, 0.25) is 0 Å². The van der Waals surface area contributed by atoms with Crippen LogP contribution in [0.25, 0.3) is 0 Å². The van der Waals surface area contributed by atoms with Crippen molar-refractivity contribution in [2.75, 3.05) is 13.1 Å². The number of likely N-dealkylation sites (N-methyl/N-ethyl adjacent to an activating group) is 1. The molecule has 0 radical (unpaired) electrons. The van der Waals surface area contributed by atoms with Gasteiger partial charge in [0.25, 0.3) is 0 Å². The highest BCUT2D eigenvalue weighted by molar-refractivity contribution is 5.92. The van der Waals surface area contributed by atoms with Crippen molar-refractivity contribution in [1.82, 2.24) is 30.1 Å². The third-order valence-corrected chi connectivity index (χ3v) is 8.70. The molecule has 1 aliphatic carbocycles. The van der Waals surface area contributed by atoms with E-state index in [9.17, 15) is 14.4 Å². The van der Waals surface area contributed by atoms with Crippen LogP contribution in [0, 0.1) is 23.7 Å². The summed E-state index contributed by atoms with van der Waals surface area (Å²) in [5.74, 6) is 1.70. The van der Waals surface area contributed by atoms with Gasteiger partial charge in [-0.15, -0.1) is 5.10 Å². The van der Waals surface area contributed by atoms with Gasteiger partial charge in [0.2, 0.25) is 17.7 Å². The molecule has 0 aliphatic heterocycles. The summed E-state index contributed by atoms with van der Waals surface area (Å²) in [5.41, 5.74) is 0. The number of aromatic nitrogens is 3. The highest BCUT2D eigenvalue weighted by Crippen LogP contribution is 2.34. The Kier molecular flexibility index (Phi) is 14.3. The van der Waals surface area contributed by atoms with E-state index in [1.165, 1.54) is 19.3 Å². The topological polar surface area (TPSA) is 101 Å². The molecule has 9 heteroatoms. The van der Waals surface area contributed by atoms with E-state index < -0.39 is 12.1 Å². The molecule has 230 valence electrons. The average molecular weight is 563 g/mol. The summed E-state index contributed by atoms with van der Waals surface area (Å²) in [6.07, 6.45) is 9.88. The molecule has 0 spiro atoms. The number of nitrogens with zero attached hydrogens (tertiary/aromatic N) is 4. The predicted octanol–water partition coefficient (Wildman–Crippen LogP) is 4.69. The lowest BCUT2D eigenvalue weighted by molar-refractivity contribution is -0.139. The van der Waals surface area contributed by atoms with Crippen LogP contribution in [-0.2, 0) is 34.4 Å². The molecule has 1 saturated carbocycles. The molecule has 1 unspecified atom stereocenters. The number of hydrogen-bond acceptors (Lipinski definition) is 4. The summed E-state index contributed by atoms with van der Waals surface area (Å²) < 4.78 is 2.09. The Hall–Kier alpha value is -2.32. The van der Waals surface area contributed by atoms with Crippen molar-refractivity contribution in [3.05, 3.63) is 5.82 Å². The number of hydrogen-bond donors (Lipinski definition) is 2. The second kappa shape index (κ2) is 16.8. The zero-order valence-corrected chi connectivity index (χ0v) is 26.7. The van der Waals surface area contributed by atoms with Gasteiger partial charge in [-0.05, 0) is 56.3 Å². The van der Waals surface area contributed by atoms with Gasteiger partial charge in [-0.3, -0.25) is 19.1 Å². The average Bonchev–Trinajstić information content (AvgIpc) is 3.38. The first-order valence-electron chi connectivity index (χ1n) is 16.0. The number of carbonyl (C=O) groups is 3. The maximum absolute atomic E-state index is 13.6. The fourth-order valence-electron chi connectivity index (χ4n) is 5.92. The minimum Gasteiger partial charge on any atom is -0.344 e. The van der Waals surface area contributed by atoms with Crippen molar-refractivity contribution in [2.24, 2.45) is 30.7 Å². The van der Waals surface area contributed by atoms with Gasteiger partial charge in [-0.1, -0.05) is 67.2 Å². The maximum atomic E-state index is 13.6.